The van der Waals surface area contributed by atoms with Crippen LogP contribution in [0, 0.1) is 19.3 Å². The molecule has 0 bridgehead atoms. The fourth-order valence-electron chi connectivity index (χ4n) is 5.46. The molecule has 2 heterocycles. The first kappa shape index (κ1) is 24.3. The highest BCUT2D eigenvalue weighted by atomic mass is 35.5. The molecule has 1 aromatic heterocycles. The minimum atomic E-state index is -0.433. The third-order valence-electron chi connectivity index (χ3n) is 7.15. The zero-order chi connectivity index (χ0) is 25.8. The van der Waals surface area contributed by atoms with Crippen LogP contribution in [-0.2, 0) is 9.59 Å². The fraction of sp³-hybridized carbons (Fsp3) is 0.345. The minimum absolute atomic E-state index is 0.0621. The standard InChI is InChI=1S/C29H30ClN3O3/c1-17-6-8-20(9-7-17)33-28(30)26(18(2)31-33)22-14-25(35)32(19-10-12-21(36-5)13-11-19)23-15-29(3,4)16-24(34)27(22)23/h6-13,22H,14-16H2,1-5H3. The molecule has 36 heavy (non-hydrogen) atoms. The van der Waals surface area contributed by atoms with Crippen LogP contribution in [0.5, 0.6) is 5.75 Å². The van der Waals surface area contributed by atoms with E-state index in [0.29, 0.717) is 29.3 Å². The van der Waals surface area contributed by atoms with Crippen molar-refractivity contribution in [3.05, 3.63) is 81.8 Å². The van der Waals surface area contributed by atoms with E-state index in [1.165, 1.54) is 0 Å². The van der Waals surface area contributed by atoms with E-state index in [-0.39, 0.29) is 23.5 Å². The molecule has 3 aromatic rings. The molecule has 0 radical (unpaired) electrons. The van der Waals surface area contributed by atoms with E-state index < -0.39 is 5.92 Å². The summed E-state index contributed by atoms with van der Waals surface area (Å²) in [5, 5.41) is 5.15. The lowest BCUT2D eigenvalue weighted by Gasteiger charge is -2.42. The van der Waals surface area contributed by atoms with Gasteiger partial charge in [-0.1, -0.05) is 43.1 Å². The third-order valence-corrected chi connectivity index (χ3v) is 7.51. The van der Waals surface area contributed by atoms with Crippen molar-refractivity contribution in [2.45, 2.75) is 52.9 Å². The number of aryl methyl sites for hydroxylation is 2. The Morgan fingerprint density at radius 1 is 0.972 bits per heavy atom. The van der Waals surface area contributed by atoms with Crippen LogP contribution in [0.4, 0.5) is 5.69 Å². The maximum Gasteiger partial charge on any atom is 0.232 e. The fourth-order valence-corrected chi connectivity index (χ4v) is 5.86. The second-order valence-electron chi connectivity index (χ2n) is 10.5. The first-order valence-electron chi connectivity index (χ1n) is 12.1. The van der Waals surface area contributed by atoms with E-state index >= 15 is 0 Å². The molecule has 0 spiro atoms. The van der Waals surface area contributed by atoms with Gasteiger partial charge in [0.15, 0.2) is 5.78 Å². The van der Waals surface area contributed by atoms with Crippen LogP contribution in [0.1, 0.15) is 55.8 Å². The van der Waals surface area contributed by atoms with Gasteiger partial charge in [-0.15, -0.1) is 0 Å². The van der Waals surface area contributed by atoms with Crippen molar-refractivity contribution in [2.24, 2.45) is 5.41 Å². The summed E-state index contributed by atoms with van der Waals surface area (Å²) in [6.07, 6.45) is 1.19. The van der Waals surface area contributed by atoms with E-state index in [4.69, 9.17) is 21.4 Å². The third kappa shape index (κ3) is 4.13. The minimum Gasteiger partial charge on any atom is -0.497 e. The lowest BCUT2D eigenvalue weighted by atomic mass is 9.69. The molecule has 0 saturated carbocycles. The Kier molecular flexibility index (Phi) is 6.03. The number of ether oxygens (including phenoxy) is 1. The van der Waals surface area contributed by atoms with Crippen LogP contribution in [0.25, 0.3) is 5.69 Å². The Morgan fingerprint density at radius 3 is 2.25 bits per heavy atom. The number of hydrogen-bond donors (Lipinski definition) is 0. The number of nitrogens with zero attached hydrogens (tertiary/aromatic N) is 3. The molecule has 0 N–H and O–H groups in total. The van der Waals surface area contributed by atoms with Crippen molar-refractivity contribution in [2.75, 3.05) is 12.0 Å². The van der Waals surface area contributed by atoms with Crippen molar-refractivity contribution in [1.82, 2.24) is 9.78 Å². The van der Waals surface area contributed by atoms with Crippen molar-refractivity contribution < 1.29 is 14.3 Å². The Morgan fingerprint density at radius 2 is 1.61 bits per heavy atom. The number of amides is 1. The summed E-state index contributed by atoms with van der Waals surface area (Å²) in [5.74, 6) is 0.280. The molecule has 2 aromatic carbocycles. The summed E-state index contributed by atoms with van der Waals surface area (Å²) in [5.41, 5.74) is 5.37. The monoisotopic (exact) mass is 503 g/mol. The van der Waals surface area contributed by atoms with Crippen LogP contribution in [0.2, 0.25) is 5.15 Å². The Bertz CT molecular complexity index is 1380. The molecule has 1 atom stereocenters. The van der Waals surface area contributed by atoms with Gasteiger partial charge in [-0.2, -0.15) is 5.10 Å². The first-order valence-corrected chi connectivity index (χ1v) is 12.5. The highest BCUT2D eigenvalue weighted by Gasteiger charge is 2.45. The molecule has 5 rings (SSSR count). The highest BCUT2D eigenvalue weighted by Crippen LogP contribution is 2.50. The summed E-state index contributed by atoms with van der Waals surface area (Å²) < 4.78 is 6.99. The summed E-state index contributed by atoms with van der Waals surface area (Å²) >= 11 is 6.93. The van der Waals surface area contributed by atoms with Gasteiger partial charge in [0.05, 0.1) is 18.5 Å². The predicted octanol–water partition coefficient (Wildman–Crippen LogP) is 6.31. The van der Waals surface area contributed by atoms with E-state index in [2.05, 4.69) is 13.8 Å². The van der Waals surface area contributed by atoms with Crippen molar-refractivity contribution in [3.8, 4) is 11.4 Å². The Labute approximate surface area is 216 Å². The summed E-state index contributed by atoms with van der Waals surface area (Å²) in [7, 11) is 1.61. The zero-order valence-electron chi connectivity index (χ0n) is 21.3. The molecule has 1 amide bonds. The maximum absolute atomic E-state index is 13.7. The molecule has 186 valence electrons. The van der Waals surface area contributed by atoms with E-state index in [9.17, 15) is 9.59 Å². The molecule has 0 fully saturated rings. The largest absolute Gasteiger partial charge is 0.497 e. The summed E-state index contributed by atoms with van der Waals surface area (Å²) in [4.78, 5) is 29.1. The van der Waals surface area contributed by atoms with Gasteiger partial charge in [0, 0.05) is 41.3 Å². The van der Waals surface area contributed by atoms with Crippen LogP contribution in [-0.4, -0.2) is 28.6 Å². The highest BCUT2D eigenvalue weighted by molar-refractivity contribution is 6.31. The number of allylic oxidation sites excluding steroid dienone is 2. The number of carbonyl (C=O) groups excluding carboxylic acids is 2. The second kappa shape index (κ2) is 8.93. The number of Topliss-reactive ketones (excluding diaryl/α,β-unsaturated/α-hetero) is 1. The van der Waals surface area contributed by atoms with Gasteiger partial charge >= 0.3 is 0 Å². The zero-order valence-corrected chi connectivity index (χ0v) is 22.0. The lowest BCUT2D eigenvalue weighted by Crippen LogP contribution is -2.43. The second-order valence-corrected chi connectivity index (χ2v) is 10.9. The van der Waals surface area contributed by atoms with Crippen LogP contribution >= 0.6 is 11.6 Å². The van der Waals surface area contributed by atoms with Gasteiger partial charge in [-0.05, 0) is 62.1 Å². The molecule has 1 unspecified atom stereocenters. The molecule has 0 saturated heterocycles. The number of ketones is 1. The normalized spacial score (nSPS) is 19.5. The topological polar surface area (TPSA) is 64.4 Å². The number of methoxy groups -OCH3 is 1. The number of benzene rings is 2. The quantitative estimate of drug-likeness (QED) is 0.418. The number of halogens is 1. The van der Waals surface area contributed by atoms with E-state index in [1.807, 2.05) is 62.4 Å². The SMILES string of the molecule is COc1ccc(N2C(=O)CC(c3c(C)nn(-c4ccc(C)cc4)c3Cl)C3=C2CC(C)(C)CC3=O)cc1. The molecular formula is C29H30ClN3O3. The van der Waals surface area contributed by atoms with Crippen molar-refractivity contribution in [1.29, 1.82) is 0 Å². The van der Waals surface area contributed by atoms with Crippen molar-refractivity contribution in [3.63, 3.8) is 0 Å². The smallest absolute Gasteiger partial charge is 0.232 e. The van der Waals surface area contributed by atoms with Gasteiger partial charge in [0.1, 0.15) is 10.9 Å². The summed E-state index contributed by atoms with van der Waals surface area (Å²) in [6, 6.07) is 15.3. The molecule has 2 aliphatic rings. The van der Waals surface area contributed by atoms with Gasteiger partial charge in [-0.3, -0.25) is 14.5 Å². The lowest BCUT2D eigenvalue weighted by molar-refractivity contribution is -0.121. The molecule has 7 heteroatoms. The van der Waals surface area contributed by atoms with Gasteiger partial charge < -0.3 is 4.74 Å². The molecule has 1 aliphatic heterocycles. The molecule has 6 nitrogen and oxygen atoms in total. The maximum atomic E-state index is 13.7. The van der Waals surface area contributed by atoms with Gasteiger partial charge in [0.25, 0.3) is 0 Å². The van der Waals surface area contributed by atoms with E-state index in [1.54, 1.807) is 16.7 Å². The average molecular weight is 504 g/mol. The van der Waals surface area contributed by atoms with Crippen LogP contribution in [0.15, 0.2) is 59.8 Å². The number of aromatic nitrogens is 2. The first-order chi connectivity index (χ1) is 17.1. The number of carbonyl (C=O) groups is 2. The van der Waals surface area contributed by atoms with Gasteiger partial charge in [0.2, 0.25) is 5.91 Å². The van der Waals surface area contributed by atoms with Gasteiger partial charge in [-0.25, -0.2) is 4.68 Å². The predicted molar refractivity (Wildman–Crippen MR) is 141 cm³/mol. The Hall–Kier alpha value is -3.38. The summed E-state index contributed by atoms with van der Waals surface area (Å²) in [6.45, 7) is 8.06. The molecule has 1 aliphatic carbocycles. The average Bonchev–Trinajstić information content (AvgIpc) is 3.12. The number of anilines is 1. The molecular weight excluding hydrogens is 474 g/mol. The number of rotatable bonds is 4. The van der Waals surface area contributed by atoms with Crippen LogP contribution in [0.3, 0.4) is 0 Å². The van der Waals surface area contributed by atoms with Crippen LogP contribution < -0.4 is 9.64 Å². The van der Waals surface area contributed by atoms with E-state index in [0.717, 1.165) is 33.9 Å². The number of hydrogen-bond acceptors (Lipinski definition) is 4. The Balaban J connectivity index is 1.66. The van der Waals surface area contributed by atoms with Crippen molar-refractivity contribution >= 4 is 29.0 Å².